The molecule has 0 fully saturated rings. The van der Waals surface area contributed by atoms with Gasteiger partial charge in [-0.3, -0.25) is 9.36 Å². The molecule has 184 valence electrons. The zero-order valence-corrected chi connectivity index (χ0v) is 21.5. The van der Waals surface area contributed by atoms with Crippen molar-refractivity contribution in [3.05, 3.63) is 101 Å². The predicted octanol–water partition coefficient (Wildman–Crippen LogP) is 4.23. The van der Waals surface area contributed by atoms with Gasteiger partial charge in [0.1, 0.15) is 5.75 Å². The monoisotopic (exact) mass is 518 g/mol. The maximum Gasteiger partial charge on any atom is 0.233 e. The molecule has 1 aliphatic rings. The van der Waals surface area contributed by atoms with Crippen molar-refractivity contribution in [2.45, 2.75) is 35.7 Å². The molecule has 0 atom stereocenters. The molecule has 0 bridgehead atoms. The summed E-state index contributed by atoms with van der Waals surface area (Å²) in [5.74, 6) is 0.224. The second-order valence-electron chi connectivity index (χ2n) is 8.76. The van der Waals surface area contributed by atoms with E-state index >= 15 is 0 Å². The SMILES string of the molecule is Cc1ccc(S(=O)(=O)Cc2nnc(SCC(=O)N3CCc4ccccc4C3)n2-c2ccccc2)cc1. The number of aryl methyl sites for hydroxylation is 1. The van der Waals surface area contributed by atoms with E-state index in [-0.39, 0.29) is 22.3 Å². The molecule has 1 aromatic heterocycles. The van der Waals surface area contributed by atoms with Gasteiger partial charge in [-0.05, 0) is 48.7 Å². The lowest BCUT2D eigenvalue weighted by Crippen LogP contribution is -2.37. The lowest BCUT2D eigenvalue weighted by atomic mass is 10.00. The van der Waals surface area contributed by atoms with Gasteiger partial charge in [0, 0.05) is 18.8 Å². The van der Waals surface area contributed by atoms with Gasteiger partial charge in [-0.15, -0.1) is 10.2 Å². The molecular weight excluding hydrogens is 492 g/mol. The molecule has 9 heteroatoms. The highest BCUT2D eigenvalue weighted by molar-refractivity contribution is 7.99. The van der Waals surface area contributed by atoms with Gasteiger partial charge in [-0.25, -0.2) is 8.42 Å². The number of hydrogen-bond donors (Lipinski definition) is 0. The van der Waals surface area contributed by atoms with Gasteiger partial charge in [-0.2, -0.15) is 0 Å². The van der Waals surface area contributed by atoms with Gasteiger partial charge in [0.25, 0.3) is 0 Å². The van der Waals surface area contributed by atoms with E-state index in [0.717, 1.165) is 17.7 Å². The first-order chi connectivity index (χ1) is 17.4. The summed E-state index contributed by atoms with van der Waals surface area (Å²) in [6.45, 7) is 3.19. The van der Waals surface area contributed by atoms with Crippen LogP contribution in [0, 0.1) is 6.92 Å². The maximum atomic E-state index is 13.1. The van der Waals surface area contributed by atoms with Crippen molar-refractivity contribution in [1.82, 2.24) is 19.7 Å². The third kappa shape index (κ3) is 5.22. The molecule has 3 aromatic carbocycles. The fourth-order valence-electron chi connectivity index (χ4n) is 4.25. The highest BCUT2D eigenvalue weighted by atomic mass is 32.2. The van der Waals surface area contributed by atoms with E-state index in [9.17, 15) is 13.2 Å². The number of carbonyl (C=O) groups excluding carboxylic acids is 1. The summed E-state index contributed by atoms with van der Waals surface area (Å²) in [7, 11) is -3.63. The largest absolute Gasteiger partial charge is 0.337 e. The highest BCUT2D eigenvalue weighted by Crippen LogP contribution is 2.26. The molecule has 36 heavy (non-hydrogen) atoms. The average molecular weight is 519 g/mol. The zero-order chi connectivity index (χ0) is 25.1. The van der Waals surface area contributed by atoms with Crippen LogP contribution >= 0.6 is 11.8 Å². The molecule has 2 heterocycles. The second-order valence-corrected chi connectivity index (χ2v) is 11.7. The van der Waals surface area contributed by atoms with E-state index < -0.39 is 9.84 Å². The van der Waals surface area contributed by atoms with Gasteiger partial charge in [0.15, 0.2) is 20.8 Å². The van der Waals surface area contributed by atoms with Crippen molar-refractivity contribution in [3.63, 3.8) is 0 Å². The molecule has 1 aliphatic heterocycles. The summed E-state index contributed by atoms with van der Waals surface area (Å²) in [6, 6.07) is 24.4. The topological polar surface area (TPSA) is 85.2 Å². The van der Waals surface area contributed by atoms with Crippen molar-refractivity contribution in [2.24, 2.45) is 0 Å². The Morgan fingerprint density at radius 1 is 0.917 bits per heavy atom. The first kappa shape index (κ1) is 24.3. The van der Waals surface area contributed by atoms with Crippen molar-refractivity contribution in [2.75, 3.05) is 12.3 Å². The van der Waals surface area contributed by atoms with Gasteiger partial charge in [-0.1, -0.05) is 71.9 Å². The molecule has 0 spiro atoms. The van der Waals surface area contributed by atoms with Crippen LogP contribution in [0.15, 0.2) is 88.9 Å². The molecule has 7 nitrogen and oxygen atoms in total. The van der Waals surface area contributed by atoms with E-state index in [4.69, 9.17) is 0 Å². The van der Waals surface area contributed by atoms with E-state index in [0.29, 0.717) is 24.1 Å². The molecule has 1 amide bonds. The van der Waals surface area contributed by atoms with E-state index in [1.807, 2.05) is 54.3 Å². The summed E-state index contributed by atoms with van der Waals surface area (Å²) >= 11 is 1.27. The molecular formula is C27H26N4O3S2. The van der Waals surface area contributed by atoms with Gasteiger partial charge >= 0.3 is 0 Å². The number of sulfone groups is 1. The van der Waals surface area contributed by atoms with Crippen LogP contribution in [0.2, 0.25) is 0 Å². The van der Waals surface area contributed by atoms with Crippen LogP contribution in [0.3, 0.4) is 0 Å². The standard InChI is InChI=1S/C27H26N4O3S2/c1-20-11-13-24(14-12-20)36(33,34)19-25-28-29-27(31(25)23-9-3-2-4-10-23)35-18-26(32)30-16-15-21-7-5-6-8-22(21)17-30/h2-14H,15-19H2,1H3. The van der Waals surface area contributed by atoms with Crippen LogP contribution < -0.4 is 0 Å². The molecule has 0 N–H and O–H groups in total. The smallest absolute Gasteiger partial charge is 0.233 e. The van der Waals surface area contributed by atoms with Gasteiger partial charge in [0.2, 0.25) is 5.91 Å². The Morgan fingerprint density at radius 3 is 2.36 bits per heavy atom. The third-order valence-corrected chi connectivity index (χ3v) is 8.76. The molecule has 4 aromatic rings. The first-order valence-electron chi connectivity index (χ1n) is 11.7. The van der Waals surface area contributed by atoms with Crippen molar-refractivity contribution >= 4 is 27.5 Å². The highest BCUT2D eigenvalue weighted by Gasteiger charge is 2.25. The van der Waals surface area contributed by atoms with Gasteiger partial charge < -0.3 is 4.90 Å². The number of fused-ring (bicyclic) bond motifs is 1. The molecule has 0 aliphatic carbocycles. The van der Waals surface area contributed by atoms with E-state index in [1.54, 1.807) is 28.8 Å². The molecule has 5 rings (SSSR count). The minimum atomic E-state index is -3.63. The average Bonchev–Trinajstić information content (AvgIpc) is 3.29. The Bertz CT molecular complexity index is 1480. The summed E-state index contributed by atoms with van der Waals surface area (Å²) in [6.07, 6.45) is 0.841. The number of hydrogen-bond acceptors (Lipinski definition) is 6. The van der Waals surface area contributed by atoms with Crippen LogP contribution in [-0.2, 0) is 33.4 Å². The first-order valence-corrected chi connectivity index (χ1v) is 14.3. The maximum absolute atomic E-state index is 13.1. The molecule has 0 saturated carbocycles. The summed E-state index contributed by atoms with van der Waals surface area (Å²) in [5.41, 5.74) is 4.20. The Hall–Kier alpha value is -3.43. The van der Waals surface area contributed by atoms with Crippen LogP contribution in [0.4, 0.5) is 0 Å². The van der Waals surface area contributed by atoms with Crippen molar-refractivity contribution in [3.8, 4) is 5.69 Å². The Labute approximate surface area is 215 Å². The minimum absolute atomic E-state index is 0.0194. The van der Waals surface area contributed by atoms with Crippen LogP contribution in [0.1, 0.15) is 22.5 Å². The Balaban J connectivity index is 1.37. The Kier molecular flexibility index (Phi) is 6.93. The van der Waals surface area contributed by atoms with E-state index in [1.165, 1.54) is 22.9 Å². The van der Waals surface area contributed by atoms with Crippen LogP contribution in [0.25, 0.3) is 5.69 Å². The number of thioether (sulfide) groups is 1. The third-order valence-electron chi connectivity index (χ3n) is 6.22. The number of carbonyl (C=O) groups is 1. The minimum Gasteiger partial charge on any atom is -0.337 e. The van der Waals surface area contributed by atoms with Crippen molar-refractivity contribution < 1.29 is 13.2 Å². The van der Waals surface area contributed by atoms with Crippen LogP contribution in [0.5, 0.6) is 0 Å². The summed E-state index contributed by atoms with van der Waals surface area (Å²) in [4.78, 5) is 15.1. The summed E-state index contributed by atoms with van der Waals surface area (Å²) in [5, 5.41) is 8.99. The molecule has 0 unspecified atom stereocenters. The lowest BCUT2D eigenvalue weighted by Gasteiger charge is -2.28. The number of aromatic nitrogens is 3. The van der Waals surface area contributed by atoms with E-state index in [2.05, 4.69) is 22.3 Å². The quantitative estimate of drug-likeness (QED) is 0.341. The summed E-state index contributed by atoms with van der Waals surface area (Å²) < 4.78 is 28.0. The fraction of sp³-hybridized carbons (Fsp3) is 0.222. The number of rotatable bonds is 7. The Morgan fingerprint density at radius 2 is 1.61 bits per heavy atom. The number of para-hydroxylation sites is 1. The normalized spacial score (nSPS) is 13.4. The zero-order valence-electron chi connectivity index (χ0n) is 19.9. The van der Waals surface area contributed by atoms with Crippen LogP contribution in [-0.4, -0.2) is 46.3 Å². The molecule has 0 radical (unpaired) electrons. The number of nitrogens with zero attached hydrogens (tertiary/aromatic N) is 4. The predicted molar refractivity (Wildman–Crippen MR) is 140 cm³/mol. The second kappa shape index (κ2) is 10.3. The number of amides is 1. The lowest BCUT2D eigenvalue weighted by molar-refractivity contribution is -0.129. The van der Waals surface area contributed by atoms with Gasteiger partial charge in [0.05, 0.1) is 10.6 Å². The van der Waals surface area contributed by atoms with Crippen molar-refractivity contribution in [1.29, 1.82) is 0 Å². The molecule has 0 saturated heterocycles. The fourth-order valence-corrected chi connectivity index (χ4v) is 6.37. The number of benzene rings is 3.